The normalized spacial score (nSPS) is 10.8. The Balaban J connectivity index is 1.49. The number of carbonyl (C=O) groups excluding carboxylic acids is 1. The molecule has 0 saturated heterocycles. The van der Waals surface area contributed by atoms with Gasteiger partial charge in [0.05, 0.1) is 5.52 Å². The molecule has 1 N–H and O–H groups in total. The van der Waals surface area contributed by atoms with Gasteiger partial charge in [-0.05, 0) is 48.7 Å². The monoisotopic (exact) mass is 340 g/mol. The molecule has 6 nitrogen and oxygen atoms in total. The number of oxazole rings is 1. The van der Waals surface area contributed by atoms with E-state index in [1.807, 2.05) is 49.4 Å². The highest BCUT2D eigenvalue weighted by Crippen LogP contribution is 2.14. The van der Waals surface area contributed by atoms with E-state index in [-0.39, 0.29) is 18.3 Å². The molecule has 130 valence electrons. The number of fused-ring (bicyclic) bond motifs is 1. The van der Waals surface area contributed by atoms with Gasteiger partial charge in [-0.3, -0.25) is 9.36 Å². The standard InChI is InChI=1S/C19H20N2O4/c1-13-4-3-5-15(10-13)24-12-18(22)20-9-8-14-6-7-16-17(11-14)25-19(23)21(16)2/h3-7,10-11H,8-9,12H2,1-2H3,(H,20,22). The van der Waals surface area contributed by atoms with Crippen LogP contribution in [0.15, 0.2) is 51.7 Å². The quantitative estimate of drug-likeness (QED) is 0.746. The molecular formula is C19H20N2O4. The van der Waals surface area contributed by atoms with Crippen LogP contribution >= 0.6 is 0 Å². The molecule has 0 spiro atoms. The summed E-state index contributed by atoms with van der Waals surface area (Å²) in [5.74, 6) is 0.127. The van der Waals surface area contributed by atoms with Crippen LogP contribution in [-0.2, 0) is 18.3 Å². The Hall–Kier alpha value is -3.02. The van der Waals surface area contributed by atoms with Crippen LogP contribution in [-0.4, -0.2) is 23.6 Å². The summed E-state index contributed by atoms with van der Waals surface area (Å²) in [7, 11) is 1.67. The molecule has 0 radical (unpaired) electrons. The van der Waals surface area contributed by atoms with Crippen LogP contribution < -0.4 is 15.8 Å². The van der Waals surface area contributed by atoms with Gasteiger partial charge in [-0.2, -0.15) is 0 Å². The molecule has 0 aliphatic heterocycles. The van der Waals surface area contributed by atoms with Gasteiger partial charge in [0, 0.05) is 13.6 Å². The number of aromatic nitrogens is 1. The predicted molar refractivity (Wildman–Crippen MR) is 94.8 cm³/mol. The maximum Gasteiger partial charge on any atom is 0.419 e. The fourth-order valence-corrected chi connectivity index (χ4v) is 2.59. The van der Waals surface area contributed by atoms with Gasteiger partial charge in [-0.15, -0.1) is 0 Å². The van der Waals surface area contributed by atoms with Crippen molar-refractivity contribution in [3.05, 3.63) is 64.1 Å². The Labute approximate surface area is 145 Å². The average molecular weight is 340 g/mol. The molecule has 0 saturated carbocycles. The van der Waals surface area contributed by atoms with Crippen molar-refractivity contribution < 1.29 is 13.9 Å². The minimum Gasteiger partial charge on any atom is -0.484 e. The minimum atomic E-state index is -0.381. The Kier molecular flexibility index (Phi) is 4.88. The first kappa shape index (κ1) is 16.8. The van der Waals surface area contributed by atoms with E-state index in [9.17, 15) is 9.59 Å². The molecule has 0 aliphatic rings. The Morgan fingerprint density at radius 1 is 1.24 bits per heavy atom. The van der Waals surface area contributed by atoms with Gasteiger partial charge >= 0.3 is 5.76 Å². The third-order valence-corrected chi connectivity index (χ3v) is 3.95. The molecule has 3 aromatic rings. The average Bonchev–Trinajstić information content (AvgIpc) is 2.87. The summed E-state index contributed by atoms with van der Waals surface area (Å²) < 4.78 is 12.1. The van der Waals surface area contributed by atoms with Crippen LogP contribution in [0.1, 0.15) is 11.1 Å². The zero-order valence-corrected chi connectivity index (χ0v) is 14.2. The van der Waals surface area contributed by atoms with Crippen LogP contribution in [0.3, 0.4) is 0 Å². The number of rotatable bonds is 6. The molecule has 6 heteroatoms. The van der Waals surface area contributed by atoms with E-state index in [1.165, 1.54) is 4.57 Å². The van der Waals surface area contributed by atoms with Crippen molar-refractivity contribution in [1.82, 2.24) is 9.88 Å². The number of ether oxygens (including phenoxy) is 1. The molecule has 0 fully saturated rings. The zero-order chi connectivity index (χ0) is 17.8. The topological polar surface area (TPSA) is 73.5 Å². The number of hydrogen-bond acceptors (Lipinski definition) is 4. The molecule has 1 heterocycles. The van der Waals surface area contributed by atoms with Gasteiger partial charge in [0.1, 0.15) is 5.75 Å². The predicted octanol–water partition coefficient (Wildman–Crippen LogP) is 2.18. The maximum atomic E-state index is 11.9. The third kappa shape index (κ3) is 4.09. The highest BCUT2D eigenvalue weighted by atomic mass is 16.5. The van der Waals surface area contributed by atoms with Gasteiger partial charge in [0.15, 0.2) is 12.2 Å². The van der Waals surface area contributed by atoms with Crippen LogP contribution in [0.2, 0.25) is 0 Å². The van der Waals surface area contributed by atoms with Crippen molar-refractivity contribution in [3.63, 3.8) is 0 Å². The van der Waals surface area contributed by atoms with Gasteiger partial charge in [0.2, 0.25) is 0 Å². The van der Waals surface area contributed by atoms with Gasteiger partial charge < -0.3 is 14.5 Å². The van der Waals surface area contributed by atoms with E-state index < -0.39 is 0 Å². The fraction of sp³-hybridized carbons (Fsp3) is 0.263. The number of carbonyl (C=O) groups is 1. The summed E-state index contributed by atoms with van der Waals surface area (Å²) in [5, 5.41) is 2.82. The lowest BCUT2D eigenvalue weighted by atomic mass is 10.1. The Morgan fingerprint density at radius 2 is 2.08 bits per heavy atom. The molecule has 0 aliphatic carbocycles. The maximum absolute atomic E-state index is 11.9. The summed E-state index contributed by atoms with van der Waals surface area (Å²) in [4.78, 5) is 23.3. The van der Waals surface area contributed by atoms with Crippen molar-refractivity contribution in [2.45, 2.75) is 13.3 Å². The molecular weight excluding hydrogens is 320 g/mol. The number of hydrogen-bond donors (Lipinski definition) is 1. The number of nitrogens with zero attached hydrogens (tertiary/aromatic N) is 1. The second-order valence-corrected chi connectivity index (χ2v) is 5.93. The van der Waals surface area contributed by atoms with Crippen molar-refractivity contribution in [1.29, 1.82) is 0 Å². The molecule has 1 aromatic heterocycles. The molecule has 25 heavy (non-hydrogen) atoms. The van der Waals surface area contributed by atoms with Crippen LogP contribution in [0.25, 0.3) is 11.1 Å². The summed E-state index contributed by atoms with van der Waals surface area (Å²) in [6.07, 6.45) is 0.644. The second kappa shape index (κ2) is 7.25. The van der Waals surface area contributed by atoms with E-state index in [0.717, 1.165) is 16.6 Å². The SMILES string of the molecule is Cc1cccc(OCC(=O)NCCc2ccc3c(c2)oc(=O)n3C)c1. The lowest BCUT2D eigenvalue weighted by molar-refractivity contribution is -0.123. The first-order chi connectivity index (χ1) is 12.0. The highest BCUT2D eigenvalue weighted by molar-refractivity contribution is 5.77. The van der Waals surface area contributed by atoms with E-state index in [2.05, 4.69) is 5.32 Å². The lowest BCUT2D eigenvalue weighted by Crippen LogP contribution is -2.30. The molecule has 0 atom stereocenters. The van der Waals surface area contributed by atoms with Crippen molar-refractivity contribution in [2.75, 3.05) is 13.2 Å². The number of nitrogens with one attached hydrogen (secondary N) is 1. The lowest BCUT2D eigenvalue weighted by Gasteiger charge is -2.08. The van der Waals surface area contributed by atoms with Gasteiger partial charge in [-0.1, -0.05) is 18.2 Å². The Bertz CT molecular complexity index is 955. The van der Waals surface area contributed by atoms with E-state index in [0.29, 0.717) is 24.3 Å². The molecule has 2 aromatic carbocycles. The van der Waals surface area contributed by atoms with Crippen molar-refractivity contribution >= 4 is 17.0 Å². The number of aryl methyl sites for hydroxylation is 2. The van der Waals surface area contributed by atoms with Crippen LogP contribution in [0.5, 0.6) is 5.75 Å². The summed E-state index contributed by atoms with van der Waals surface area (Å²) in [5.41, 5.74) is 3.38. The number of benzene rings is 2. The number of amides is 1. The van der Waals surface area contributed by atoms with Crippen molar-refractivity contribution in [2.24, 2.45) is 7.05 Å². The largest absolute Gasteiger partial charge is 0.484 e. The van der Waals surface area contributed by atoms with Gasteiger partial charge in [-0.25, -0.2) is 4.79 Å². The van der Waals surface area contributed by atoms with E-state index in [1.54, 1.807) is 7.05 Å². The highest BCUT2D eigenvalue weighted by Gasteiger charge is 2.07. The van der Waals surface area contributed by atoms with E-state index >= 15 is 0 Å². The van der Waals surface area contributed by atoms with Crippen molar-refractivity contribution in [3.8, 4) is 5.75 Å². The Morgan fingerprint density at radius 3 is 2.88 bits per heavy atom. The molecule has 0 bridgehead atoms. The van der Waals surface area contributed by atoms with Crippen LogP contribution in [0.4, 0.5) is 0 Å². The van der Waals surface area contributed by atoms with E-state index in [4.69, 9.17) is 9.15 Å². The molecule has 1 amide bonds. The second-order valence-electron chi connectivity index (χ2n) is 5.93. The summed E-state index contributed by atoms with van der Waals surface area (Å²) in [6, 6.07) is 13.2. The van der Waals surface area contributed by atoms with Gasteiger partial charge in [0.25, 0.3) is 5.91 Å². The smallest absolute Gasteiger partial charge is 0.419 e. The fourth-order valence-electron chi connectivity index (χ4n) is 2.59. The zero-order valence-electron chi connectivity index (χ0n) is 14.2. The summed E-state index contributed by atoms with van der Waals surface area (Å²) in [6.45, 7) is 2.44. The first-order valence-corrected chi connectivity index (χ1v) is 8.07. The molecule has 3 rings (SSSR count). The minimum absolute atomic E-state index is 0.0178. The van der Waals surface area contributed by atoms with Crippen LogP contribution in [0, 0.1) is 6.92 Å². The summed E-state index contributed by atoms with van der Waals surface area (Å²) >= 11 is 0. The first-order valence-electron chi connectivity index (χ1n) is 8.07. The third-order valence-electron chi connectivity index (χ3n) is 3.95. The molecule has 0 unspecified atom stereocenters.